The van der Waals surface area contributed by atoms with Crippen molar-refractivity contribution < 1.29 is 0 Å². The van der Waals surface area contributed by atoms with Gasteiger partial charge in [-0.25, -0.2) is 9.97 Å². The topological polar surface area (TPSA) is 41.0 Å². The number of aromatic nitrogens is 2. The first-order valence-corrected chi connectivity index (χ1v) is 7.96. The maximum Gasteiger partial charge on any atom is 0.138 e. The molecule has 112 valence electrons. The van der Waals surface area contributed by atoms with Crippen LogP contribution in [0, 0.1) is 5.92 Å². The van der Waals surface area contributed by atoms with Gasteiger partial charge in [0.15, 0.2) is 0 Å². The van der Waals surface area contributed by atoms with E-state index in [9.17, 15) is 0 Å². The second-order valence-electron chi connectivity index (χ2n) is 5.84. The highest BCUT2D eigenvalue weighted by Crippen LogP contribution is 2.28. The van der Waals surface area contributed by atoms with Crippen LogP contribution in [0.2, 0.25) is 5.15 Å². The van der Waals surface area contributed by atoms with Crippen LogP contribution in [-0.4, -0.2) is 41.0 Å². The zero-order valence-electron chi connectivity index (χ0n) is 12.7. The predicted octanol–water partition coefficient (Wildman–Crippen LogP) is 3.40. The van der Waals surface area contributed by atoms with Gasteiger partial charge in [0.2, 0.25) is 0 Å². The summed E-state index contributed by atoms with van der Waals surface area (Å²) >= 11 is 6.19. The van der Waals surface area contributed by atoms with Crippen LogP contribution < -0.4 is 5.32 Å². The first-order valence-electron chi connectivity index (χ1n) is 7.58. The van der Waals surface area contributed by atoms with E-state index in [1.165, 1.54) is 38.8 Å². The maximum absolute atomic E-state index is 6.19. The molecule has 0 aliphatic carbocycles. The highest BCUT2D eigenvalue weighted by molar-refractivity contribution is 6.30. The Morgan fingerprint density at radius 2 is 2.05 bits per heavy atom. The fraction of sp³-hybridized carbons (Fsp3) is 0.733. The summed E-state index contributed by atoms with van der Waals surface area (Å²) in [4.78, 5) is 11.0. The van der Waals surface area contributed by atoms with Crippen molar-refractivity contribution in [2.45, 2.75) is 39.5 Å². The summed E-state index contributed by atoms with van der Waals surface area (Å²) in [6, 6.07) is 0. The number of nitrogens with one attached hydrogen (secondary N) is 1. The van der Waals surface area contributed by atoms with Gasteiger partial charge in [0.1, 0.15) is 17.3 Å². The minimum Gasteiger partial charge on any atom is -0.369 e. The van der Waals surface area contributed by atoms with Gasteiger partial charge in [-0.1, -0.05) is 32.4 Å². The van der Waals surface area contributed by atoms with Crippen LogP contribution in [0.5, 0.6) is 0 Å². The molecule has 1 fully saturated rings. The van der Waals surface area contributed by atoms with E-state index < -0.39 is 0 Å². The van der Waals surface area contributed by atoms with Crippen LogP contribution in [0.15, 0.2) is 6.33 Å². The summed E-state index contributed by atoms with van der Waals surface area (Å²) in [5, 5.41) is 4.05. The smallest absolute Gasteiger partial charge is 0.138 e. The highest BCUT2D eigenvalue weighted by Gasteiger charge is 2.19. The molecular weight excluding hydrogens is 272 g/mol. The highest BCUT2D eigenvalue weighted by atomic mass is 35.5. The van der Waals surface area contributed by atoms with E-state index >= 15 is 0 Å². The molecule has 0 saturated carbocycles. The Bertz CT molecular complexity index is 428. The molecule has 1 saturated heterocycles. The Balaban J connectivity index is 1.93. The summed E-state index contributed by atoms with van der Waals surface area (Å²) in [6.45, 7) is 11.0. The van der Waals surface area contributed by atoms with Crippen molar-refractivity contribution in [1.29, 1.82) is 0 Å². The second-order valence-corrected chi connectivity index (χ2v) is 6.20. The Morgan fingerprint density at radius 3 is 2.65 bits per heavy atom. The minimum absolute atomic E-state index is 0.327. The third-order valence-electron chi connectivity index (χ3n) is 4.13. The number of likely N-dealkylation sites (tertiary alicyclic amines) is 1. The standard InChI is InChI=1S/C15H25ClN4/c1-4-20-7-5-12(6-8-20)9-17-15-13(11(2)3)14(16)18-10-19-15/h10-12H,4-9H2,1-3H3,(H,17,18,19). The summed E-state index contributed by atoms with van der Waals surface area (Å²) in [5.74, 6) is 1.96. The Hall–Kier alpha value is -0.870. The zero-order valence-corrected chi connectivity index (χ0v) is 13.5. The van der Waals surface area contributed by atoms with Crippen molar-refractivity contribution in [3.63, 3.8) is 0 Å². The van der Waals surface area contributed by atoms with E-state index in [0.29, 0.717) is 11.1 Å². The Labute approximate surface area is 126 Å². The van der Waals surface area contributed by atoms with Crippen LogP contribution in [-0.2, 0) is 0 Å². The number of hydrogen-bond donors (Lipinski definition) is 1. The van der Waals surface area contributed by atoms with Crippen LogP contribution in [0.3, 0.4) is 0 Å². The molecule has 0 bridgehead atoms. The third kappa shape index (κ3) is 3.83. The van der Waals surface area contributed by atoms with Crippen molar-refractivity contribution in [1.82, 2.24) is 14.9 Å². The van der Waals surface area contributed by atoms with Crippen molar-refractivity contribution in [3.05, 3.63) is 17.0 Å². The molecule has 1 aromatic heterocycles. The van der Waals surface area contributed by atoms with Gasteiger partial charge in [0, 0.05) is 12.1 Å². The summed E-state index contributed by atoms with van der Waals surface area (Å²) in [5.41, 5.74) is 1.03. The average Bonchev–Trinajstić information content (AvgIpc) is 2.45. The van der Waals surface area contributed by atoms with E-state index in [0.717, 1.165) is 23.8 Å². The largest absolute Gasteiger partial charge is 0.369 e. The molecule has 2 heterocycles. The fourth-order valence-corrected chi connectivity index (χ4v) is 3.13. The Morgan fingerprint density at radius 1 is 1.35 bits per heavy atom. The van der Waals surface area contributed by atoms with Crippen molar-refractivity contribution >= 4 is 17.4 Å². The van der Waals surface area contributed by atoms with Crippen LogP contribution in [0.4, 0.5) is 5.82 Å². The minimum atomic E-state index is 0.327. The molecule has 1 N–H and O–H groups in total. The molecule has 4 nitrogen and oxygen atoms in total. The van der Waals surface area contributed by atoms with Crippen LogP contribution >= 0.6 is 11.6 Å². The lowest BCUT2D eigenvalue weighted by Gasteiger charge is -2.31. The van der Waals surface area contributed by atoms with E-state index in [1.54, 1.807) is 0 Å². The molecule has 0 atom stereocenters. The van der Waals surface area contributed by atoms with Gasteiger partial charge in [-0.15, -0.1) is 0 Å². The van der Waals surface area contributed by atoms with Crippen LogP contribution in [0.1, 0.15) is 45.1 Å². The molecule has 1 aliphatic rings. The number of piperidine rings is 1. The third-order valence-corrected chi connectivity index (χ3v) is 4.43. The van der Waals surface area contributed by atoms with E-state index in [1.807, 2.05) is 0 Å². The normalized spacial score (nSPS) is 17.6. The van der Waals surface area contributed by atoms with Gasteiger partial charge in [-0.3, -0.25) is 0 Å². The van der Waals surface area contributed by atoms with E-state index in [2.05, 4.69) is 41.0 Å². The van der Waals surface area contributed by atoms with Crippen molar-refractivity contribution in [2.24, 2.45) is 5.92 Å². The molecule has 0 radical (unpaired) electrons. The van der Waals surface area contributed by atoms with Gasteiger partial charge in [0.05, 0.1) is 0 Å². The van der Waals surface area contributed by atoms with E-state index in [4.69, 9.17) is 11.6 Å². The van der Waals surface area contributed by atoms with Crippen LogP contribution in [0.25, 0.3) is 0 Å². The number of rotatable bonds is 5. The molecule has 20 heavy (non-hydrogen) atoms. The van der Waals surface area contributed by atoms with Gasteiger partial charge >= 0.3 is 0 Å². The quantitative estimate of drug-likeness (QED) is 0.846. The molecule has 1 aromatic rings. The number of nitrogens with zero attached hydrogens (tertiary/aromatic N) is 3. The molecule has 0 amide bonds. The number of halogens is 1. The molecular formula is C15H25ClN4. The molecule has 1 aliphatic heterocycles. The monoisotopic (exact) mass is 296 g/mol. The van der Waals surface area contributed by atoms with Gasteiger partial charge in [0.25, 0.3) is 0 Å². The van der Waals surface area contributed by atoms with Gasteiger partial charge in [-0.05, 0) is 44.3 Å². The SMILES string of the molecule is CCN1CCC(CNc2ncnc(Cl)c2C(C)C)CC1. The summed E-state index contributed by atoms with van der Waals surface area (Å²) in [6.07, 6.45) is 4.06. The van der Waals surface area contributed by atoms with Gasteiger partial charge < -0.3 is 10.2 Å². The summed E-state index contributed by atoms with van der Waals surface area (Å²) in [7, 11) is 0. The van der Waals surface area contributed by atoms with Crippen molar-refractivity contribution in [3.8, 4) is 0 Å². The molecule has 0 spiro atoms. The molecule has 5 heteroatoms. The fourth-order valence-electron chi connectivity index (χ4n) is 2.77. The first kappa shape index (κ1) is 15.5. The van der Waals surface area contributed by atoms with Crippen molar-refractivity contribution in [2.75, 3.05) is 31.5 Å². The molecule has 0 unspecified atom stereocenters. The first-order chi connectivity index (χ1) is 9.61. The van der Waals surface area contributed by atoms with E-state index in [-0.39, 0.29) is 0 Å². The lowest BCUT2D eigenvalue weighted by Crippen LogP contribution is -2.35. The molecule has 2 rings (SSSR count). The zero-order chi connectivity index (χ0) is 14.5. The molecule has 0 aromatic carbocycles. The number of hydrogen-bond acceptors (Lipinski definition) is 4. The Kier molecular flexibility index (Phi) is 5.61. The maximum atomic E-state index is 6.19. The lowest BCUT2D eigenvalue weighted by molar-refractivity contribution is 0.198. The lowest BCUT2D eigenvalue weighted by atomic mass is 9.96. The number of anilines is 1. The predicted molar refractivity (Wildman–Crippen MR) is 84.5 cm³/mol. The average molecular weight is 297 g/mol. The second kappa shape index (κ2) is 7.23. The van der Waals surface area contributed by atoms with Gasteiger partial charge in [-0.2, -0.15) is 0 Å². The summed E-state index contributed by atoms with van der Waals surface area (Å²) < 4.78 is 0.